The number of hydrogen-bond donors (Lipinski definition) is 2. The number of imide groups is 1. The van der Waals surface area contributed by atoms with Crippen molar-refractivity contribution in [3.05, 3.63) is 39.9 Å². The molecule has 1 aromatic carbocycles. The molecule has 2 aromatic rings. The fourth-order valence-corrected chi connectivity index (χ4v) is 1.74. The number of primary amides is 1. The van der Waals surface area contributed by atoms with E-state index in [0.29, 0.717) is 15.9 Å². The first kappa shape index (κ1) is 13.0. The highest BCUT2D eigenvalue weighted by Gasteiger charge is 2.09. The van der Waals surface area contributed by atoms with Gasteiger partial charge in [0.2, 0.25) is 5.91 Å². The van der Waals surface area contributed by atoms with Gasteiger partial charge >= 0.3 is 6.03 Å². The van der Waals surface area contributed by atoms with Crippen LogP contribution < -0.4 is 16.6 Å². The van der Waals surface area contributed by atoms with Crippen molar-refractivity contribution in [2.75, 3.05) is 0 Å². The second-order valence-electron chi connectivity index (χ2n) is 3.75. The molecule has 0 unspecified atom stereocenters. The van der Waals surface area contributed by atoms with Crippen LogP contribution in [0.25, 0.3) is 10.9 Å². The van der Waals surface area contributed by atoms with Gasteiger partial charge in [-0.1, -0.05) is 11.6 Å². The minimum Gasteiger partial charge on any atom is -0.351 e. The molecule has 7 nitrogen and oxygen atoms in total. The van der Waals surface area contributed by atoms with E-state index in [9.17, 15) is 14.4 Å². The fourth-order valence-electron chi connectivity index (χ4n) is 1.58. The van der Waals surface area contributed by atoms with Crippen LogP contribution in [0.15, 0.2) is 29.3 Å². The van der Waals surface area contributed by atoms with Crippen LogP contribution in [0.2, 0.25) is 5.02 Å². The number of urea groups is 1. The number of fused-ring (bicyclic) bond motifs is 1. The van der Waals surface area contributed by atoms with Crippen molar-refractivity contribution in [1.29, 1.82) is 0 Å². The molecule has 0 aliphatic carbocycles. The van der Waals surface area contributed by atoms with E-state index >= 15 is 0 Å². The second-order valence-corrected chi connectivity index (χ2v) is 4.19. The average Bonchev–Trinajstić information content (AvgIpc) is 2.31. The lowest BCUT2D eigenvalue weighted by Crippen LogP contribution is -2.39. The van der Waals surface area contributed by atoms with E-state index in [2.05, 4.69) is 4.98 Å². The van der Waals surface area contributed by atoms with Crippen molar-refractivity contribution in [1.82, 2.24) is 14.9 Å². The van der Waals surface area contributed by atoms with Crippen LogP contribution in [0.1, 0.15) is 0 Å². The van der Waals surface area contributed by atoms with Crippen molar-refractivity contribution in [2.45, 2.75) is 6.54 Å². The van der Waals surface area contributed by atoms with Gasteiger partial charge in [-0.05, 0) is 18.2 Å². The third-order valence-electron chi connectivity index (χ3n) is 2.36. The van der Waals surface area contributed by atoms with Crippen molar-refractivity contribution in [2.24, 2.45) is 5.73 Å². The molecule has 0 saturated heterocycles. The van der Waals surface area contributed by atoms with Crippen molar-refractivity contribution >= 4 is 34.4 Å². The Morgan fingerprint density at radius 2 is 2.16 bits per heavy atom. The van der Waals surface area contributed by atoms with Crippen LogP contribution in [0.5, 0.6) is 0 Å². The summed E-state index contributed by atoms with van der Waals surface area (Å²) in [5, 5.41) is 2.66. The van der Waals surface area contributed by atoms with Gasteiger partial charge in [-0.25, -0.2) is 9.78 Å². The Morgan fingerprint density at radius 1 is 1.42 bits per heavy atom. The number of hydrogen-bond acceptors (Lipinski definition) is 4. The molecular formula is C11H9ClN4O3. The van der Waals surface area contributed by atoms with Gasteiger partial charge < -0.3 is 5.73 Å². The monoisotopic (exact) mass is 280 g/mol. The molecule has 98 valence electrons. The molecular weight excluding hydrogens is 272 g/mol. The van der Waals surface area contributed by atoms with Crippen LogP contribution in [0.3, 0.4) is 0 Å². The van der Waals surface area contributed by atoms with Crippen LogP contribution in [0, 0.1) is 0 Å². The van der Waals surface area contributed by atoms with Gasteiger partial charge in [0, 0.05) is 5.02 Å². The van der Waals surface area contributed by atoms with Crippen LogP contribution in [-0.4, -0.2) is 21.5 Å². The number of rotatable bonds is 2. The Balaban J connectivity index is 2.38. The Bertz CT molecular complexity index is 725. The number of benzene rings is 1. The highest BCUT2D eigenvalue weighted by atomic mass is 35.5. The molecule has 0 fully saturated rings. The third-order valence-corrected chi connectivity index (χ3v) is 2.60. The normalized spacial score (nSPS) is 10.4. The molecule has 0 radical (unpaired) electrons. The Hall–Kier alpha value is -2.41. The number of aromatic nitrogens is 2. The zero-order valence-electron chi connectivity index (χ0n) is 9.59. The molecule has 8 heteroatoms. The molecule has 0 atom stereocenters. The van der Waals surface area contributed by atoms with Crippen LogP contribution in [0.4, 0.5) is 4.79 Å². The largest absolute Gasteiger partial charge is 0.351 e. The highest BCUT2D eigenvalue weighted by Crippen LogP contribution is 2.13. The number of nitrogens with two attached hydrogens (primary N) is 1. The van der Waals surface area contributed by atoms with Crippen LogP contribution in [-0.2, 0) is 11.3 Å². The predicted molar refractivity (Wildman–Crippen MR) is 68.7 cm³/mol. The zero-order valence-corrected chi connectivity index (χ0v) is 10.3. The summed E-state index contributed by atoms with van der Waals surface area (Å²) in [5.74, 6) is -0.690. The summed E-state index contributed by atoms with van der Waals surface area (Å²) in [7, 11) is 0. The van der Waals surface area contributed by atoms with E-state index in [-0.39, 0.29) is 6.54 Å². The van der Waals surface area contributed by atoms with Gasteiger partial charge in [0.05, 0.1) is 17.2 Å². The SMILES string of the molecule is NC(=O)NC(=O)Cn1cnc2cc(Cl)ccc2c1=O. The first-order chi connectivity index (χ1) is 8.97. The lowest BCUT2D eigenvalue weighted by Gasteiger charge is -2.06. The lowest BCUT2D eigenvalue weighted by atomic mass is 10.2. The molecule has 0 saturated carbocycles. The van der Waals surface area contributed by atoms with Crippen LogP contribution >= 0.6 is 11.6 Å². The molecule has 0 spiro atoms. The minimum atomic E-state index is -0.974. The smallest absolute Gasteiger partial charge is 0.318 e. The van der Waals surface area contributed by atoms with Gasteiger partial charge in [-0.3, -0.25) is 19.5 Å². The van der Waals surface area contributed by atoms with Gasteiger partial charge in [0.25, 0.3) is 5.56 Å². The van der Waals surface area contributed by atoms with E-state index in [0.717, 1.165) is 4.57 Å². The van der Waals surface area contributed by atoms with E-state index in [1.807, 2.05) is 5.32 Å². The maximum atomic E-state index is 12.0. The summed E-state index contributed by atoms with van der Waals surface area (Å²) < 4.78 is 1.08. The topological polar surface area (TPSA) is 107 Å². The molecule has 0 aliphatic rings. The molecule has 3 N–H and O–H groups in total. The zero-order chi connectivity index (χ0) is 14.0. The van der Waals surface area contributed by atoms with Gasteiger partial charge in [0.15, 0.2) is 0 Å². The lowest BCUT2D eigenvalue weighted by molar-refractivity contribution is -0.120. The molecule has 0 aliphatic heterocycles. The minimum absolute atomic E-state index is 0.332. The second kappa shape index (κ2) is 5.07. The summed E-state index contributed by atoms with van der Waals surface area (Å²) in [6.45, 7) is -0.340. The van der Waals surface area contributed by atoms with Gasteiger partial charge in [-0.2, -0.15) is 0 Å². The van der Waals surface area contributed by atoms with E-state index in [1.165, 1.54) is 12.4 Å². The first-order valence-corrected chi connectivity index (χ1v) is 5.59. The third kappa shape index (κ3) is 2.89. The molecule has 1 aromatic heterocycles. The summed E-state index contributed by atoms with van der Waals surface area (Å²) in [6.07, 6.45) is 1.21. The average molecular weight is 281 g/mol. The Morgan fingerprint density at radius 3 is 2.84 bits per heavy atom. The summed E-state index contributed by atoms with van der Waals surface area (Å²) in [6, 6.07) is 3.65. The maximum Gasteiger partial charge on any atom is 0.318 e. The predicted octanol–water partition coefficient (Wildman–Crippen LogP) is 0.245. The Kier molecular flexibility index (Phi) is 3.48. The number of nitrogens with zero attached hydrogens (tertiary/aromatic N) is 2. The standard InChI is InChI=1S/C11H9ClN4O3/c12-6-1-2-7-8(3-6)14-5-16(10(7)18)4-9(17)15-11(13)19/h1-3,5H,4H2,(H3,13,15,17,19). The molecule has 2 rings (SSSR count). The highest BCUT2D eigenvalue weighted by molar-refractivity contribution is 6.31. The van der Waals surface area contributed by atoms with Gasteiger partial charge in [-0.15, -0.1) is 0 Å². The Labute approximate surface area is 112 Å². The van der Waals surface area contributed by atoms with E-state index < -0.39 is 17.5 Å². The van der Waals surface area contributed by atoms with E-state index in [4.69, 9.17) is 17.3 Å². The molecule has 0 bridgehead atoms. The molecule has 3 amide bonds. The fraction of sp³-hybridized carbons (Fsp3) is 0.0909. The summed E-state index contributed by atoms with van der Waals surface area (Å²) >= 11 is 5.79. The maximum absolute atomic E-state index is 12.0. The first-order valence-electron chi connectivity index (χ1n) is 5.21. The molecule has 1 heterocycles. The number of carbonyl (C=O) groups excluding carboxylic acids is 2. The number of nitrogens with one attached hydrogen (secondary N) is 1. The van der Waals surface area contributed by atoms with Gasteiger partial charge in [0.1, 0.15) is 6.54 Å². The number of carbonyl (C=O) groups is 2. The van der Waals surface area contributed by atoms with Crippen molar-refractivity contribution < 1.29 is 9.59 Å². The van der Waals surface area contributed by atoms with E-state index in [1.54, 1.807) is 12.1 Å². The van der Waals surface area contributed by atoms with Crippen molar-refractivity contribution in [3.8, 4) is 0 Å². The van der Waals surface area contributed by atoms with Crippen molar-refractivity contribution in [3.63, 3.8) is 0 Å². The number of halogens is 1. The number of amides is 3. The summed E-state index contributed by atoms with van der Waals surface area (Å²) in [4.78, 5) is 37.9. The summed E-state index contributed by atoms with van der Waals surface area (Å²) in [5.41, 5.74) is 4.84. The molecule has 19 heavy (non-hydrogen) atoms. The quantitative estimate of drug-likeness (QED) is 0.822.